The number of unbranched alkanes of at least 4 members (excludes halogenated alkanes) is 2. The third kappa shape index (κ3) is 4.96. The third-order valence-electron chi connectivity index (χ3n) is 2.28. The summed E-state index contributed by atoms with van der Waals surface area (Å²) in [5.74, 6) is 0.223. The van der Waals surface area contributed by atoms with Gasteiger partial charge in [-0.1, -0.05) is 26.7 Å². The maximum Gasteiger partial charge on any atom is 0.213 e. The Morgan fingerprint density at radius 1 is 0.929 bits per heavy atom. The SMILES string of the molecule is CCCCN(CCCC)S(=O)(=O)CC. The molecule has 0 aliphatic heterocycles. The number of hydrogen-bond donors (Lipinski definition) is 0. The van der Waals surface area contributed by atoms with E-state index in [2.05, 4.69) is 13.8 Å². The van der Waals surface area contributed by atoms with Crippen LogP contribution in [0.4, 0.5) is 0 Å². The van der Waals surface area contributed by atoms with Crippen molar-refractivity contribution >= 4 is 10.0 Å². The summed E-state index contributed by atoms with van der Waals surface area (Å²) in [6.45, 7) is 7.24. The van der Waals surface area contributed by atoms with Crippen LogP contribution in [0.15, 0.2) is 0 Å². The molecule has 0 amide bonds. The Morgan fingerprint density at radius 2 is 1.36 bits per heavy atom. The summed E-state index contributed by atoms with van der Waals surface area (Å²) >= 11 is 0. The molecule has 0 fully saturated rings. The molecule has 0 bridgehead atoms. The summed E-state index contributed by atoms with van der Waals surface area (Å²) in [5, 5.41) is 0. The van der Waals surface area contributed by atoms with Gasteiger partial charge in [-0.25, -0.2) is 12.7 Å². The Labute approximate surface area is 88.5 Å². The molecule has 14 heavy (non-hydrogen) atoms. The van der Waals surface area contributed by atoms with Gasteiger partial charge in [0.05, 0.1) is 5.75 Å². The van der Waals surface area contributed by atoms with Crippen LogP contribution in [0.1, 0.15) is 46.5 Å². The molecule has 0 aliphatic rings. The Balaban J connectivity index is 4.23. The van der Waals surface area contributed by atoms with E-state index in [1.807, 2.05) is 0 Å². The first-order chi connectivity index (χ1) is 6.58. The normalized spacial score (nSPS) is 12.3. The van der Waals surface area contributed by atoms with Crippen LogP contribution in [-0.4, -0.2) is 31.6 Å². The standard InChI is InChI=1S/C10H23NO2S/c1-4-7-9-11(10-8-5-2)14(12,13)6-3/h4-10H2,1-3H3. The second-order valence-electron chi connectivity index (χ2n) is 3.51. The molecular weight excluding hydrogens is 198 g/mol. The van der Waals surface area contributed by atoms with E-state index in [1.54, 1.807) is 11.2 Å². The van der Waals surface area contributed by atoms with Gasteiger partial charge in [0.25, 0.3) is 0 Å². The Bertz CT molecular complexity index is 216. The van der Waals surface area contributed by atoms with E-state index in [1.165, 1.54) is 0 Å². The van der Waals surface area contributed by atoms with E-state index < -0.39 is 10.0 Å². The summed E-state index contributed by atoms with van der Waals surface area (Å²) in [5.41, 5.74) is 0. The van der Waals surface area contributed by atoms with E-state index in [0.717, 1.165) is 25.7 Å². The molecule has 0 saturated heterocycles. The van der Waals surface area contributed by atoms with Crippen LogP contribution in [-0.2, 0) is 10.0 Å². The van der Waals surface area contributed by atoms with Gasteiger partial charge in [-0.2, -0.15) is 0 Å². The molecule has 0 N–H and O–H groups in total. The van der Waals surface area contributed by atoms with Gasteiger partial charge < -0.3 is 0 Å². The summed E-state index contributed by atoms with van der Waals surface area (Å²) in [6, 6.07) is 0. The average molecular weight is 221 g/mol. The number of hydrogen-bond acceptors (Lipinski definition) is 2. The molecule has 0 unspecified atom stereocenters. The van der Waals surface area contributed by atoms with Crippen LogP contribution in [0.3, 0.4) is 0 Å². The van der Waals surface area contributed by atoms with Crippen LogP contribution in [0.2, 0.25) is 0 Å². The largest absolute Gasteiger partial charge is 0.213 e. The van der Waals surface area contributed by atoms with Crippen molar-refractivity contribution in [3.8, 4) is 0 Å². The van der Waals surface area contributed by atoms with Crippen molar-refractivity contribution in [1.82, 2.24) is 4.31 Å². The fraction of sp³-hybridized carbons (Fsp3) is 1.00. The predicted octanol–water partition coefficient (Wildman–Crippen LogP) is 2.24. The smallest absolute Gasteiger partial charge is 0.212 e. The van der Waals surface area contributed by atoms with Gasteiger partial charge in [0, 0.05) is 13.1 Å². The van der Waals surface area contributed by atoms with Crippen molar-refractivity contribution in [3.05, 3.63) is 0 Å². The third-order valence-corrected chi connectivity index (χ3v) is 4.16. The van der Waals surface area contributed by atoms with Crippen molar-refractivity contribution in [3.63, 3.8) is 0 Å². The molecule has 0 aromatic rings. The number of sulfonamides is 1. The maximum absolute atomic E-state index is 11.6. The van der Waals surface area contributed by atoms with Crippen molar-refractivity contribution in [2.45, 2.75) is 46.5 Å². The molecule has 0 spiro atoms. The summed E-state index contributed by atoms with van der Waals surface area (Å²) in [7, 11) is -2.97. The van der Waals surface area contributed by atoms with Crippen LogP contribution >= 0.6 is 0 Å². The lowest BCUT2D eigenvalue weighted by atomic mass is 10.3. The van der Waals surface area contributed by atoms with E-state index in [9.17, 15) is 8.42 Å². The Hall–Kier alpha value is -0.0900. The number of rotatable bonds is 8. The monoisotopic (exact) mass is 221 g/mol. The second-order valence-corrected chi connectivity index (χ2v) is 5.76. The topological polar surface area (TPSA) is 37.4 Å². The van der Waals surface area contributed by atoms with Gasteiger partial charge in [0.15, 0.2) is 0 Å². The highest BCUT2D eigenvalue weighted by Gasteiger charge is 2.17. The van der Waals surface area contributed by atoms with Gasteiger partial charge in [-0.05, 0) is 19.8 Å². The van der Waals surface area contributed by atoms with Gasteiger partial charge in [-0.3, -0.25) is 0 Å². The van der Waals surface area contributed by atoms with E-state index in [4.69, 9.17) is 0 Å². The summed E-state index contributed by atoms with van der Waals surface area (Å²) < 4.78 is 24.9. The molecule has 0 aromatic carbocycles. The van der Waals surface area contributed by atoms with Crippen LogP contribution in [0.25, 0.3) is 0 Å². The molecule has 4 heteroatoms. The molecule has 0 saturated carbocycles. The minimum Gasteiger partial charge on any atom is -0.212 e. The lowest BCUT2D eigenvalue weighted by Gasteiger charge is -2.20. The average Bonchev–Trinajstić information content (AvgIpc) is 2.17. The van der Waals surface area contributed by atoms with Gasteiger partial charge in [0.2, 0.25) is 10.0 Å². The molecule has 0 heterocycles. The molecule has 0 aliphatic carbocycles. The quantitative estimate of drug-likeness (QED) is 0.630. The van der Waals surface area contributed by atoms with Crippen LogP contribution in [0, 0.1) is 0 Å². The first-order valence-electron chi connectivity index (χ1n) is 5.56. The Kier molecular flexibility index (Phi) is 7.19. The molecule has 0 aromatic heterocycles. The van der Waals surface area contributed by atoms with Crippen LogP contribution in [0.5, 0.6) is 0 Å². The van der Waals surface area contributed by atoms with E-state index in [-0.39, 0.29) is 5.75 Å². The molecule has 0 rings (SSSR count). The second kappa shape index (κ2) is 7.23. The highest BCUT2D eigenvalue weighted by Crippen LogP contribution is 2.06. The fourth-order valence-electron chi connectivity index (χ4n) is 1.24. The predicted molar refractivity (Wildman–Crippen MR) is 60.8 cm³/mol. The zero-order valence-electron chi connectivity index (χ0n) is 9.62. The highest BCUT2D eigenvalue weighted by atomic mass is 32.2. The Morgan fingerprint density at radius 3 is 1.64 bits per heavy atom. The van der Waals surface area contributed by atoms with Crippen LogP contribution < -0.4 is 0 Å². The zero-order chi connectivity index (χ0) is 11.0. The molecule has 0 atom stereocenters. The first-order valence-corrected chi connectivity index (χ1v) is 7.17. The zero-order valence-corrected chi connectivity index (χ0v) is 10.4. The van der Waals surface area contributed by atoms with Gasteiger partial charge in [-0.15, -0.1) is 0 Å². The fourth-order valence-corrected chi connectivity index (χ4v) is 2.42. The van der Waals surface area contributed by atoms with Gasteiger partial charge in [0.1, 0.15) is 0 Å². The van der Waals surface area contributed by atoms with E-state index >= 15 is 0 Å². The van der Waals surface area contributed by atoms with Crippen molar-refractivity contribution in [2.24, 2.45) is 0 Å². The molecule has 86 valence electrons. The molecule has 3 nitrogen and oxygen atoms in total. The minimum atomic E-state index is -2.97. The molecular formula is C10H23NO2S. The van der Waals surface area contributed by atoms with Crippen molar-refractivity contribution in [1.29, 1.82) is 0 Å². The minimum absolute atomic E-state index is 0.223. The molecule has 0 radical (unpaired) electrons. The summed E-state index contributed by atoms with van der Waals surface area (Å²) in [4.78, 5) is 0. The van der Waals surface area contributed by atoms with E-state index in [0.29, 0.717) is 13.1 Å². The number of nitrogens with zero attached hydrogens (tertiary/aromatic N) is 1. The highest BCUT2D eigenvalue weighted by molar-refractivity contribution is 7.89. The van der Waals surface area contributed by atoms with Gasteiger partial charge >= 0.3 is 0 Å². The lowest BCUT2D eigenvalue weighted by molar-refractivity contribution is 0.396. The van der Waals surface area contributed by atoms with Crippen molar-refractivity contribution < 1.29 is 8.42 Å². The summed E-state index contributed by atoms with van der Waals surface area (Å²) in [6.07, 6.45) is 4.01. The lowest BCUT2D eigenvalue weighted by Crippen LogP contribution is -2.34. The maximum atomic E-state index is 11.6. The first kappa shape index (κ1) is 13.9. The van der Waals surface area contributed by atoms with Crippen molar-refractivity contribution in [2.75, 3.05) is 18.8 Å².